The first-order valence-electron chi connectivity index (χ1n) is 6.43. The van der Waals surface area contributed by atoms with Crippen molar-refractivity contribution in [1.82, 2.24) is 5.01 Å². The minimum Gasteiger partial charge on any atom is -0.272 e. The van der Waals surface area contributed by atoms with E-state index >= 15 is 0 Å². The molecule has 1 amide bonds. The molecule has 1 unspecified atom stereocenters. The maximum atomic E-state index is 13.7. The van der Waals surface area contributed by atoms with E-state index < -0.39 is 5.41 Å². The van der Waals surface area contributed by atoms with Crippen LogP contribution in [0.1, 0.15) is 44.4 Å². The van der Waals surface area contributed by atoms with E-state index in [1.165, 1.54) is 11.1 Å². The predicted octanol–water partition coefficient (Wildman–Crippen LogP) is 3.44. The lowest BCUT2D eigenvalue weighted by molar-refractivity contribution is -0.141. The van der Waals surface area contributed by atoms with E-state index in [1.807, 2.05) is 26.8 Å². The van der Waals surface area contributed by atoms with Gasteiger partial charge in [0.05, 0.1) is 6.04 Å². The second-order valence-electron chi connectivity index (χ2n) is 5.96. The molecule has 1 aliphatic heterocycles. The monoisotopic (exact) mass is 261 g/mol. The highest BCUT2D eigenvalue weighted by Crippen LogP contribution is 2.32. The molecule has 0 fully saturated rings. The molecular weight excluding hydrogens is 242 g/mol. The van der Waals surface area contributed by atoms with E-state index in [9.17, 15) is 9.18 Å². The molecule has 1 aliphatic rings. The molecule has 1 heterocycles. The van der Waals surface area contributed by atoms with Gasteiger partial charge in [-0.1, -0.05) is 32.9 Å². The molecule has 0 radical (unpaired) electrons. The van der Waals surface area contributed by atoms with Crippen LogP contribution in [0.5, 0.6) is 0 Å². The lowest BCUT2D eigenvalue weighted by Crippen LogP contribution is -2.36. The highest BCUT2D eigenvalue weighted by atomic mass is 18.2. The summed E-state index contributed by atoms with van der Waals surface area (Å²) in [6.07, 6.45) is 2.34. The first-order valence-corrected chi connectivity index (χ1v) is 6.43. The predicted molar refractivity (Wildman–Crippen MR) is 73.3 cm³/mol. The standard InChI is InChI=1S/C15H19FN2O/c1-10-5-6-11(9-12(10)16)13-7-8-17-18(13)14(19)15(2,3)4/h5-6,8-9,13H,7H2,1-4H3/i16-1. The number of halogens is 1. The van der Waals surface area contributed by atoms with Crippen molar-refractivity contribution in [3.8, 4) is 0 Å². The average Bonchev–Trinajstić information content (AvgIpc) is 2.79. The lowest BCUT2D eigenvalue weighted by atomic mass is 9.93. The molecule has 1 aromatic carbocycles. The van der Waals surface area contributed by atoms with Crippen molar-refractivity contribution in [2.75, 3.05) is 0 Å². The number of carbonyl (C=O) groups excluding carboxylic acids is 1. The SMILES string of the molecule is Cc1ccc(C2CC=NN2C(=O)C(C)(C)C)cc1[18F]. The first kappa shape index (κ1) is 13.7. The van der Waals surface area contributed by atoms with E-state index in [2.05, 4.69) is 5.10 Å². The molecule has 0 saturated carbocycles. The first-order chi connectivity index (χ1) is 8.80. The number of hydrogen-bond acceptors (Lipinski definition) is 2. The Morgan fingerprint density at radius 1 is 1.42 bits per heavy atom. The quantitative estimate of drug-likeness (QED) is 0.762. The smallest absolute Gasteiger partial charge is 0.248 e. The molecule has 0 aliphatic carbocycles. The van der Waals surface area contributed by atoms with Crippen molar-refractivity contribution in [3.63, 3.8) is 0 Å². The molecule has 1 atom stereocenters. The van der Waals surface area contributed by atoms with Gasteiger partial charge in [-0.2, -0.15) is 5.10 Å². The number of aryl methyl sites for hydroxylation is 1. The zero-order valence-corrected chi connectivity index (χ0v) is 11.8. The van der Waals surface area contributed by atoms with Crippen molar-refractivity contribution >= 4 is 12.1 Å². The number of benzene rings is 1. The van der Waals surface area contributed by atoms with Gasteiger partial charge >= 0.3 is 0 Å². The number of nitrogens with zero attached hydrogens (tertiary/aromatic N) is 2. The average molecular weight is 261 g/mol. The third-order valence-electron chi connectivity index (χ3n) is 3.26. The summed E-state index contributed by atoms with van der Waals surface area (Å²) in [5.74, 6) is -0.292. The maximum absolute atomic E-state index is 13.7. The summed E-state index contributed by atoms with van der Waals surface area (Å²) in [5.41, 5.74) is 0.901. The summed E-state index contributed by atoms with van der Waals surface area (Å²) in [5, 5.41) is 5.62. The van der Waals surface area contributed by atoms with Gasteiger partial charge in [0.25, 0.3) is 0 Å². The topological polar surface area (TPSA) is 32.7 Å². The van der Waals surface area contributed by atoms with Crippen LogP contribution in [0.25, 0.3) is 0 Å². The largest absolute Gasteiger partial charge is 0.272 e. The van der Waals surface area contributed by atoms with Crippen molar-refractivity contribution in [3.05, 3.63) is 35.1 Å². The zero-order chi connectivity index (χ0) is 14.2. The third kappa shape index (κ3) is 2.67. The van der Waals surface area contributed by atoms with Gasteiger partial charge in [-0.3, -0.25) is 4.79 Å². The Morgan fingerprint density at radius 3 is 2.68 bits per heavy atom. The second-order valence-corrected chi connectivity index (χ2v) is 5.96. The molecule has 1 aromatic rings. The van der Waals surface area contributed by atoms with Crippen LogP contribution in [0.15, 0.2) is 23.3 Å². The Morgan fingerprint density at radius 2 is 2.11 bits per heavy atom. The Balaban J connectivity index is 2.30. The summed E-state index contributed by atoms with van der Waals surface area (Å²) in [7, 11) is 0. The highest BCUT2D eigenvalue weighted by molar-refractivity contribution is 5.84. The Bertz CT molecular complexity index is 531. The van der Waals surface area contributed by atoms with E-state index in [0.717, 1.165) is 5.56 Å². The normalized spacial score (nSPS) is 19.0. The summed E-state index contributed by atoms with van der Waals surface area (Å²) in [4.78, 5) is 12.3. The Labute approximate surface area is 113 Å². The van der Waals surface area contributed by atoms with Gasteiger partial charge in [0.1, 0.15) is 5.82 Å². The van der Waals surface area contributed by atoms with E-state index in [4.69, 9.17) is 0 Å². The summed E-state index contributed by atoms with van der Waals surface area (Å²) >= 11 is 0. The van der Waals surface area contributed by atoms with Gasteiger partial charge in [0.2, 0.25) is 5.91 Å². The highest BCUT2D eigenvalue weighted by Gasteiger charge is 2.34. The fraction of sp³-hybridized carbons (Fsp3) is 0.467. The molecular formula is C15H19FN2O. The molecule has 0 saturated heterocycles. The number of hydrazone groups is 1. The summed E-state index contributed by atoms with van der Waals surface area (Å²) < 4.78 is 13.7. The van der Waals surface area contributed by atoms with Crippen LogP contribution in [-0.4, -0.2) is 17.1 Å². The van der Waals surface area contributed by atoms with Gasteiger partial charge in [0, 0.05) is 18.1 Å². The minimum absolute atomic E-state index is 0.0489. The molecule has 0 bridgehead atoms. The molecule has 2 rings (SSSR count). The lowest BCUT2D eigenvalue weighted by Gasteiger charge is -2.28. The van der Waals surface area contributed by atoms with Crippen LogP contribution in [0.2, 0.25) is 0 Å². The van der Waals surface area contributed by atoms with Crippen molar-refractivity contribution in [2.24, 2.45) is 10.5 Å². The van der Waals surface area contributed by atoms with E-state index in [1.54, 1.807) is 19.2 Å². The Hall–Kier alpha value is -1.71. The van der Waals surface area contributed by atoms with E-state index in [-0.39, 0.29) is 17.8 Å². The minimum atomic E-state index is -0.497. The Kier molecular flexibility index (Phi) is 3.43. The van der Waals surface area contributed by atoms with Crippen LogP contribution in [0.4, 0.5) is 4.39 Å². The van der Waals surface area contributed by atoms with Crippen LogP contribution < -0.4 is 0 Å². The molecule has 4 heteroatoms. The van der Waals surface area contributed by atoms with Crippen LogP contribution in [0.3, 0.4) is 0 Å². The number of carbonyl (C=O) groups is 1. The van der Waals surface area contributed by atoms with Crippen molar-refractivity contribution in [1.29, 1.82) is 0 Å². The second kappa shape index (κ2) is 4.76. The maximum Gasteiger partial charge on any atom is 0.248 e. The van der Waals surface area contributed by atoms with Gasteiger partial charge < -0.3 is 0 Å². The number of amides is 1. The van der Waals surface area contributed by atoms with Crippen LogP contribution in [-0.2, 0) is 4.79 Å². The van der Waals surface area contributed by atoms with E-state index in [0.29, 0.717) is 12.0 Å². The molecule has 0 spiro atoms. The molecule has 0 N–H and O–H groups in total. The van der Waals surface area contributed by atoms with Crippen molar-refractivity contribution in [2.45, 2.75) is 40.2 Å². The van der Waals surface area contributed by atoms with Crippen LogP contribution in [0, 0.1) is 18.2 Å². The van der Waals surface area contributed by atoms with Gasteiger partial charge in [0.15, 0.2) is 0 Å². The summed E-state index contributed by atoms with van der Waals surface area (Å²) in [6, 6.07) is 4.91. The third-order valence-corrected chi connectivity index (χ3v) is 3.26. The molecule has 3 nitrogen and oxygen atoms in total. The molecule has 0 aromatic heterocycles. The van der Waals surface area contributed by atoms with Crippen molar-refractivity contribution < 1.29 is 9.18 Å². The zero-order valence-electron chi connectivity index (χ0n) is 11.8. The number of hydrogen-bond donors (Lipinski definition) is 0. The molecule has 102 valence electrons. The fourth-order valence-electron chi connectivity index (χ4n) is 2.05. The van der Waals surface area contributed by atoms with Gasteiger partial charge in [-0.25, -0.2) is 9.40 Å². The summed E-state index contributed by atoms with van der Waals surface area (Å²) in [6.45, 7) is 7.30. The molecule has 19 heavy (non-hydrogen) atoms. The van der Waals surface area contributed by atoms with Crippen LogP contribution >= 0.6 is 0 Å². The van der Waals surface area contributed by atoms with Gasteiger partial charge in [-0.15, -0.1) is 0 Å². The van der Waals surface area contributed by atoms with Gasteiger partial charge in [-0.05, 0) is 24.1 Å². The fourth-order valence-corrected chi connectivity index (χ4v) is 2.05. The number of rotatable bonds is 1.